The zero-order valence-corrected chi connectivity index (χ0v) is 14.9. The Morgan fingerprint density at radius 2 is 2.17 bits per heavy atom. The lowest BCUT2D eigenvalue weighted by Gasteiger charge is -2.10. The van der Waals surface area contributed by atoms with Crippen LogP contribution in [0.1, 0.15) is 17.4 Å². The minimum atomic E-state index is 0.498. The highest BCUT2D eigenvalue weighted by Crippen LogP contribution is 2.09. The van der Waals surface area contributed by atoms with Gasteiger partial charge in [0.25, 0.3) is 0 Å². The summed E-state index contributed by atoms with van der Waals surface area (Å²) >= 11 is 1.73. The third-order valence-corrected chi connectivity index (χ3v) is 3.99. The molecule has 2 rings (SSSR count). The average molecular weight is 348 g/mol. The van der Waals surface area contributed by atoms with Gasteiger partial charge in [0.05, 0.1) is 19.7 Å². The van der Waals surface area contributed by atoms with Crippen LogP contribution < -0.4 is 15.4 Å². The maximum atomic E-state index is 5.45. The van der Waals surface area contributed by atoms with Crippen LogP contribution in [0.15, 0.2) is 40.8 Å². The van der Waals surface area contributed by atoms with Gasteiger partial charge in [-0.15, -0.1) is 11.3 Å². The highest BCUT2D eigenvalue weighted by atomic mass is 32.1. The first kappa shape index (κ1) is 18.2. The van der Waals surface area contributed by atoms with Gasteiger partial charge in [-0.05, 0) is 23.9 Å². The maximum absolute atomic E-state index is 5.45. The first-order chi connectivity index (χ1) is 11.8. The Bertz CT molecular complexity index is 600. The Hall–Kier alpha value is -2.12. The van der Waals surface area contributed by atoms with Crippen molar-refractivity contribution in [2.45, 2.75) is 20.0 Å². The van der Waals surface area contributed by atoms with Crippen molar-refractivity contribution in [2.24, 2.45) is 4.99 Å². The second kappa shape index (κ2) is 10.6. The Morgan fingerprint density at radius 1 is 1.25 bits per heavy atom. The molecule has 0 saturated carbocycles. The van der Waals surface area contributed by atoms with Crippen molar-refractivity contribution in [3.8, 4) is 5.88 Å². The number of aliphatic imine (C=N–C) groups is 1. The Kier molecular flexibility index (Phi) is 8.06. The van der Waals surface area contributed by atoms with Gasteiger partial charge < -0.3 is 20.1 Å². The fraction of sp³-hybridized carbons (Fsp3) is 0.412. The smallest absolute Gasteiger partial charge is 0.213 e. The lowest BCUT2D eigenvalue weighted by Crippen LogP contribution is -2.36. The number of hydrogen-bond acceptors (Lipinski definition) is 5. The SMILES string of the molecule is CCNC(=NCc1ccc(OCCOC)nc1)NCc1cccs1. The summed E-state index contributed by atoms with van der Waals surface area (Å²) in [6.45, 7) is 5.25. The van der Waals surface area contributed by atoms with E-state index >= 15 is 0 Å². The Labute approximate surface area is 146 Å². The van der Waals surface area contributed by atoms with Gasteiger partial charge in [-0.1, -0.05) is 12.1 Å². The molecule has 0 fully saturated rings. The molecule has 2 heterocycles. The summed E-state index contributed by atoms with van der Waals surface area (Å²) in [6.07, 6.45) is 1.79. The van der Waals surface area contributed by atoms with E-state index < -0.39 is 0 Å². The van der Waals surface area contributed by atoms with Crippen LogP contribution in [0.5, 0.6) is 5.88 Å². The summed E-state index contributed by atoms with van der Waals surface area (Å²) in [4.78, 5) is 10.1. The van der Waals surface area contributed by atoms with Crippen molar-refractivity contribution in [1.82, 2.24) is 15.6 Å². The summed E-state index contributed by atoms with van der Waals surface area (Å²) < 4.78 is 10.4. The first-order valence-corrected chi connectivity index (χ1v) is 8.81. The van der Waals surface area contributed by atoms with Gasteiger partial charge in [-0.25, -0.2) is 9.98 Å². The van der Waals surface area contributed by atoms with Crippen LogP contribution >= 0.6 is 11.3 Å². The van der Waals surface area contributed by atoms with E-state index in [-0.39, 0.29) is 0 Å². The quantitative estimate of drug-likeness (QED) is 0.414. The molecule has 0 aliphatic rings. The highest BCUT2D eigenvalue weighted by Gasteiger charge is 2.00. The first-order valence-electron chi connectivity index (χ1n) is 7.93. The summed E-state index contributed by atoms with van der Waals surface area (Å²) in [6, 6.07) is 7.98. The van der Waals surface area contributed by atoms with E-state index in [2.05, 4.69) is 39.0 Å². The number of pyridine rings is 1. The van der Waals surface area contributed by atoms with E-state index in [1.54, 1.807) is 24.6 Å². The molecule has 0 radical (unpaired) electrons. The number of hydrogen-bond donors (Lipinski definition) is 2. The average Bonchev–Trinajstić information content (AvgIpc) is 3.12. The zero-order chi connectivity index (χ0) is 17.0. The molecule has 7 heteroatoms. The predicted octanol–water partition coefficient (Wildman–Crippen LogP) is 2.42. The molecular formula is C17H24N4O2S. The molecule has 6 nitrogen and oxygen atoms in total. The van der Waals surface area contributed by atoms with Crippen LogP contribution in [0.25, 0.3) is 0 Å². The van der Waals surface area contributed by atoms with E-state index in [1.165, 1.54) is 4.88 Å². The molecule has 2 aromatic rings. The molecule has 0 aliphatic carbocycles. The topological polar surface area (TPSA) is 67.8 Å². The number of thiophene rings is 1. The third kappa shape index (κ3) is 6.55. The summed E-state index contributed by atoms with van der Waals surface area (Å²) in [5.41, 5.74) is 1.03. The second-order valence-electron chi connectivity index (χ2n) is 4.97. The van der Waals surface area contributed by atoms with Gasteiger partial charge >= 0.3 is 0 Å². The minimum absolute atomic E-state index is 0.498. The van der Waals surface area contributed by atoms with Crippen LogP contribution in [0.2, 0.25) is 0 Å². The molecule has 0 saturated heterocycles. The number of rotatable bonds is 9. The van der Waals surface area contributed by atoms with Gasteiger partial charge in [0.2, 0.25) is 5.88 Å². The van der Waals surface area contributed by atoms with Gasteiger partial charge in [0.1, 0.15) is 6.61 Å². The van der Waals surface area contributed by atoms with Crippen molar-refractivity contribution < 1.29 is 9.47 Å². The number of methoxy groups -OCH3 is 1. The lowest BCUT2D eigenvalue weighted by molar-refractivity contribution is 0.143. The fourth-order valence-corrected chi connectivity index (χ4v) is 2.56. The zero-order valence-electron chi connectivity index (χ0n) is 14.1. The van der Waals surface area contributed by atoms with Crippen LogP contribution in [0, 0.1) is 0 Å². The van der Waals surface area contributed by atoms with Gasteiger partial charge in [-0.3, -0.25) is 0 Å². The number of ether oxygens (including phenoxy) is 2. The molecule has 0 amide bonds. The number of nitrogens with one attached hydrogen (secondary N) is 2. The molecule has 2 N–H and O–H groups in total. The fourth-order valence-electron chi connectivity index (χ4n) is 1.92. The van der Waals surface area contributed by atoms with Crippen molar-refractivity contribution in [3.63, 3.8) is 0 Å². The largest absolute Gasteiger partial charge is 0.475 e. The van der Waals surface area contributed by atoms with E-state index in [0.29, 0.717) is 25.6 Å². The maximum Gasteiger partial charge on any atom is 0.213 e. The highest BCUT2D eigenvalue weighted by molar-refractivity contribution is 7.09. The Morgan fingerprint density at radius 3 is 2.83 bits per heavy atom. The molecular weight excluding hydrogens is 324 g/mol. The van der Waals surface area contributed by atoms with Crippen LogP contribution in [0.3, 0.4) is 0 Å². The molecule has 2 aromatic heterocycles. The van der Waals surface area contributed by atoms with Crippen LogP contribution in [0.4, 0.5) is 0 Å². The normalized spacial score (nSPS) is 11.3. The molecule has 24 heavy (non-hydrogen) atoms. The van der Waals surface area contributed by atoms with E-state index in [4.69, 9.17) is 9.47 Å². The lowest BCUT2D eigenvalue weighted by atomic mass is 10.3. The van der Waals surface area contributed by atoms with Gasteiger partial charge in [0.15, 0.2) is 5.96 Å². The van der Waals surface area contributed by atoms with Crippen LogP contribution in [-0.4, -0.2) is 37.8 Å². The molecule has 0 bridgehead atoms. The standard InChI is InChI=1S/C17H24N4O2S/c1-3-18-17(21-13-15-5-4-10-24-15)20-12-14-6-7-16(19-11-14)23-9-8-22-2/h4-7,10-11H,3,8-9,12-13H2,1-2H3,(H2,18,20,21). The summed E-state index contributed by atoms with van der Waals surface area (Å²) in [7, 11) is 1.65. The van der Waals surface area contributed by atoms with E-state index in [9.17, 15) is 0 Å². The van der Waals surface area contributed by atoms with Crippen molar-refractivity contribution in [1.29, 1.82) is 0 Å². The van der Waals surface area contributed by atoms with E-state index in [1.807, 2.05) is 18.2 Å². The van der Waals surface area contributed by atoms with Gasteiger partial charge in [0, 0.05) is 30.8 Å². The number of guanidine groups is 1. The molecule has 0 aliphatic heterocycles. The van der Waals surface area contributed by atoms with Gasteiger partial charge in [-0.2, -0.15) is 0 Å². The summed E-state index contributed by atoms with van der Waals surface area (Å²) in [5, 5.41) is 8.65. The predicted molar refractivity (Wildman–Crippen MR) is 97.6 cm³/mol. The van der Waals surface area contributed by atoms with Crippen molar-refractivity contribution >= 4 is 17.3 Å². The van der Waals surface area contributed by atoms with Crippen molar-refractivity contribution in [3.05, 3.63) is 46.3 Å². The molecule has 0 spiro atoms. The number of nitrogens with zero attached hydrogens (tertiary/aromatic N) is 2. The monoisotopic (exact) mass is 348 g/mol. The second-order valence-corrected chi connectivity index (χ2v) is 6.01. The van der Waals surface area contributed by atoms with Crippen LogP contribution in [-0.2, 0) is 17.8 Å². The minimum Gasteiger partial charge on any atom is -0.475 e. The van der Waals surface area contributed by atoms with E-state index in [0.717, 1.165) is 24.6 Å². The third-order valence-electron chi connectivity index (χ3n) is 3.11. The molecule has 0 atom stereocenters. The molecule has 0 aromatic carbocycles. The number of aromatic nitrogens is 1. The summed E-state index contributed by atoms with van der Waals surface area (Å²) in [5.74, 6) is 1.40. The van der Waals surface area contributed by atoms with Crippen molar-refractivity contribution in [2.75, 3.05) is 26.9 Å². The molecule has 0 unspecified atom stereocenters. The Balaban J connectivity index is 1.85. The molecule has 130 valence electrons.